The van der Waals surface area contributed by atoms with Gasteiger partial charge in [0.25, 0.3) is 0 Å². The number of hydrogen-bond donors (Lipinski definition) is 0. The average molecular weight is 281 g/mol. The summed E-state index contributed by atoms with van der Waals surface area (Å²) in [5, 5.41) is 0. The van der Waals surface area contributed by atoms with Gasteiger partial charge in [0, 0.05) is 12.5 Å². The van der Waals surface area contributed by atoms with E-state index in [1.807, 2.05) is 0 Å². The number of rotatable bonds is 13. The minimum absolute atomic E-state index is 0.252. The molecule has 0 aliphatic rings. The van der Waals surface area contributed by atoms with Crippen LogP contribution in [0, 0.1) is 0 Å². The topological polar surface area (TPSA) is 44.8 Å². The molecule has 0 aliphatic carbocycles. The van der Waals surface area contributed by atoms with E-state index < -0.39 is 0 Å². The number of halogens is 1. The molecule has 0 unspecified atom stereocenters. The first-order chi connectivity index (χ1) is 8.81. The molecule has 0 spiro atoms. The minimum atomic E-state index is -0.277. The summed E-state index contributed by atoms with van der Waals surface area (Å²) in [7, 11) is 0. The molecule has 0 aliphatic heterocycles. The van der Waals surface area contributed by atoms with E-state index in [2.05, 4.69) is 6.92 Å². The summed E-state index contributed by atoms with van der Waals surface area (Å²) in [5.74, 6) is 0.0201. The molecule has 108 valence electrons. The van der Waals surface area contributed by atoms with Gasteiger partial charge in [-0.25, -0.2) is 0 Å². The van der Waals surface area contributed by atoms with Crippen molar-refractivity contribution in [1.82, 2.24) is 0 Å². The summed E-state index contributed by atoms with van der Waals surface area (Å²) in [6.07, 6.45) is 5.11. The highest BCUT2D eigenvalue weighted by Crippen LogP contribution is 1.98. The molecule has 0 amide bonds. The molecule has 0 aromatic rings. The zero-order valence-electron chi connectivity index (χ0n) is 11.3. The predicted octanol–water partition coefficient (Wildman–Crippen LogP) is 2.77. The molecule has 0 heterocycles. The first-order valence-corrected chi connectivity index (χ1v) is 7.21. The smallest absolute Gasteiger partial charge is 0.307 e. The number of hydrogen-bond acceptors (Lipinski definition) is 4. The van der Waals surface area contributed by atoms with Gasteiger partial charge in [-0.2, -0.15) is 0 Å². The van der Waals surface area contributed by atoms with Gasteiger partial charge in [0.1, 0.15) is 6.61 Å². The first-order valence-electron chi connectivity index (χ1n) is 6.68. The van der Waals surface area contributed by atoms with Crippen LogP contribution in [0.2, 0.25) is 0 Å². The van der Waals surface area contributed by atoms with Crippen molar-refractivity contribution in [1.29, 1.82) is 0 Å². The zero-order chi connectivity index (χ0) is 13.5. The summed E-state index contributed by atoms with van der Waals surface area (Å²) in [5.41, 5.74) is 0. The number of alkyl halides is 1. The Kier molecular flexibility index (Phi) is 14.5. The van der Waals surface area contributed by atoms with Crippen molar-refractivity contribution in [3.8, 4) is 0 Å². The van der Waals surface area contributed by atoms with Crippen LogP contribution >= 0.6 is 11.6 Å². The summed E-state index contributed by atoms with van der Waals surface area (Å²) in [4.78, 5) is 10.9. The summed E-state index contributed by atoms with van der Waals surface area (Å²) in [6.45, 7) is 4.82. The second-order valence-electron chi connectivity index (χ2n) is 3.94. The Morgan fingerprint density at radius 2 is 1.61 bits per heavy atom. The van der Waals surface area contributed by atoms with Crippen molar-refractivity contribution in [3.63, 3.8) is 0 Å². The van der Waals surface area contributed by atoms with Gasteiger partial charge in [-0.3, -0.25) is 4.79 Å². The number of esters is 1. The number of carbonyl (C=O) groups is 1. The molecule has 0 aromatic carbocycles. The van der Waals surface area contributed by atoms with Crippen LogP contribution < -0.4 is 0 Å². The van der Waals surface area contributed by atoms with E-state index >= 15 is 0 Å². The van der Waals surface area contributed by atoms with Crippen molar-refractivity contribution < 1.29 is 19.0 Å². The predicted molar refractivity (Wildman–Crippen MR) is 72.1 cm³/mol. The zero-order valence-corrected chi connectivity index (χ0v) is 12.0. The summed E-state index contributed by atoms with van der Waals surface area (Å²) < 4.78 is 15.5. The van der Waals surface area contributed by atoms with E-state index in [9.17, 15) is 4.79 Å². The lowest BCUT2D eigenvalue weighted by molar-refractivity contribution is -0.144. The first kappa shape index (κ1) is 17.7. The molecule has 0 radical (unpaired) electrons. The lowest BCUT2D eigenvalue weighted by atomic mass is 10.2. The lowest BCUT2D eigenvalue weighted by Gasteiger charge is -2.06. The van der Waals surface area contributed by atoms with Crippen LogP contribution in [-0.2, 0) is 19.0 Å². The Balaban J connectivity index is 3.01. The molecular weight excluding hydrogens is 256 g/mol. The molecule has 0 saturated carbocycles. The maximum Gasteiger partial charge on any atom is 0.307 e. The number of unbranched alkanes of at least 4 members (excludes halogenated alkanes) is 3. The van der Waals surface area contributed by atoms with E-state index in [4.69, 9.17) is 25.8 Å². The molecule has 0 N–H and O–H groups in total. The van der Waals surface area contributed by atoms with Crippen LogP contribution in [0.5, 0.6) is 0 Å². The van der Waals surface area contributed by atoms with E-state index in [-0.39, 0.29) is 19.0 Å². The van der Waals surface area contributed by atoms with Crippen molar-refractivity contribution in [3.05, 3.63) is 0 Å². The second kappa shape index (κ2) is 14.7. The molecule has 0 atom stereocenters. The Bertz CT molecular complexity index is 188. The van der Waals surface area contributed by atoms with Crippen LogP contribution in [0.3, 0.4) is 0 Å². The highest BCUT2D eigenvalue weighted by molar-refractivity contribution is 6.18. The highest BCUT2D eigenvalue weighted by atomic mass is 35.5. The minimum Gasteiger partial charge on any atom is -0.463 e. The maximum absolute atomic E-state index is 10.9. The van der Waals surface area contributed by atoms with Gasteiger partial charge in [0.05, 0.1) is 26.2 Å². The quantitative estimate of drug-likeness (QED) is 0.296. The summed E-state index contributed by atoms with van der Waals surface area (Å²) >= 11 is 5.39. The van der Waals surface area contributed by atoms with Gasteiger partial charge in [-0.1, -0.05) is 26.2 Å². The largest absolute Gasteiger partial charge is 0.463 e. The van der Waals surface area contributed by atoms with Crippen molar-refractivity contribution in [2.75, 3.05) is 38.9 Å². The Morgan fingerprint density at radius 1 is 0.944 bits per heavy atom. The molecule has 0 bridgehead atoms. The molecule has 4 nitrogen and oxygen atoms in total. The fourth-order valence-corrected chi connectivity index (χ4v) is 1.47. The molecular formula is C13H25ClO4. The van der Waals surface area contributed by atoms with Gasteiger partial charge in [-0.05, 0) is 6.42 Å². The third-order valence-corrected chi connectivity index (χ3v) is 2.49. The van der Waals surface area contributed by atoms with Gasteiger partial charge in [0.15, 0.2) is 0 Å². The molecule has 18 heavy (non-hydrogen) atoms. The van der Waals surface area contributed by atoms with Crippen LogP contribution in [0.25, 0.3) is 0 Å². The fraction of sp³-hybridized carbons (Fsp3) is 0.923. The van der Waals surface area contributed by atoms with Crippen molar-refractivity contribution in [2.45, 2.75) is 39.0 Å². The normalized spacial score (nSPS) is 10.6. The van der Waals surface area contributed by atoms with Gasteiger partial charge < -0.3 is 14.2 Å². The van der Waals surface area contributed by atoms with E-state index in [0.29, 0.717) is 25.7 Å². The van der Waals surface area contributed by atoms with Gasteiger partial charge in [-0.15, -0.1) is 11.6 Å². The Hall–Kier alpha value is -0.320. The van der Waals surface area contributed by atoms with E-state index in [1.54, 1.807) is 0 Å². The molecule has 0 saturated heterocycles. The fourth-order valence-electron chi connectivity index (χ4n) is 1.32. The van der Waals surface area contributed by atoms with E-state index in [1.165, 1.54) is 19.3 Å². The molecule has 0 rings (SSSR count). The molecule has 0 aromatic heterocycles. The van der Waals surface area contributed by atoms with Gasteiger partial charge >= 0.3 is 5.97 Å². The monoisotopic (exact) mass is 280 g/mol. The number of carbonyl (C=O) groups excluding carboxylic acids is 1. The SMILES string of the molecule is CCCCCCOCCOCCOC(=O)CCCl. The standard InChI is InChI=1S/C13H25ClO4/c1-2-3-4-5-8-16-9-10-17-11-12-18-13(15)6-7-14/h2-12H2,1H3. The van der Waals surface area contributed by atoms with Crippen LogP contribution in [0.1, 0.15) is 39.0 Å². The lowest BCUT2D eigenvalue weighted by Crippen LogP contribution is -2.13. The van der Waals surface area contributed by atoms with Crippen LogP contribution in [0.15, 0.2) is 0 Å². The summed E-state index contributed by atoms with van der Waals surface area (Å²) in [6, 6.07) is 0. The van der Waals surface area contributed by atoms with E-state index in [0.717, 1.165) is 13.0 Å². The van der Waals surface area contributed by atoms with Crippen LogP contribution in [0.4, 0.5) is 0 Å². The van der Waals surface area contributed by atoms with Crippen molar-refractivity contribution in [2.24, 2.45) is 0 Å². The molecule has 5 heteroatoms. The average Bonchev–Trinajstić information content (AvgIpc) is 2.36. The second-order valence-corrected chi connectivity index (χ2v) is 4.32. The maximum atomic E-state index is 10.9. The number of ether oxygens (including phenoxy) is 3. The third-order valence-electron chi connectivity index (χ3n) is 2.30. The third kappa shape index (κ3) is 13.7. The van der Waals surface area contributed by atoms with Gasteiger partial charge in [0.2, 0.25) is 0 Å². The Morgan fingerprint density at radius 3 is 2.28 bits per heavy atom. The van der Waals surface area contributed by atoms with Crippen LogP contribution in [-0.4, -0.2) is 44.9 Å². The Labute approximate surface area is 115 Å². The van der Waals surface area contributed by atoms with Crippen molar-refractivity contribution >= 4 is 17.6 Å². The molecule has 0 fully saturated rings. The highest BCUT2D eigenvalue weighted by Gasteiger charge is 2.00.